The minimum atomic E-state index is -6.04. The third-order valence-corrected chi connectivity index (χ3v) is 6.18. The fourth-order valence-corrected chi connectivity index (χ4v) is 3.72. The molecule has 0 spiro atoms. The number of carboxylic acid groups (broad SMARTS) is 1. The summed E-state index contributed by atoms with van der Waals surface area (Å²) in [6.45, 7) is 1.03. The van der Waals surface area contributed by atoms with E-state index in [0.717, 1.165) is 11.8 Å². The molecule has 15 heteroatoms. The van der Waals surface area contributed by atoms with Gasteiger partial charge in [-0.25, -0.2) is 4.79 Å². The van der Waals surface area contributed by atoms with Crippen LogP contribution in [0.1, 0.15) is 24.0 Å². The molecule has 0 saturated heterocycles. The summed E-state index contributed by atoms with van der Waals surface area (Å²) in [6, 6.07) is 13.4. The number of hydrogen-bond donors (Lipinski definition) is 3. The second-order valence-electron chi connectivity index (χ2n) is 6.99. The number of amides is 1. The highest BCUT2D eigenvalue weighted by molar-refractivity contribution is 8.13. The molecule has 0 aliphatic heterocycles. The van der Waals surface area contributed by atoms with Crippen LogP contribution in [0.2, 0.25) is 0 Å². The van der Waals surface area contributed by atoms with Crippen LogP contribution in [0, 0.1) is 0 Å². The van der Waals surface area contributed by atoms with E-state index in [-0.39, 0.29) is 28.7 Å². The predicted molar refractivity (Wildman–Crippen MR) is 126 cm³/mol. The lowest BCUT2D eigenvalue weighted by atomic mass is 10.0. The Morgan fingerprint density at radius 2 is 1.69 bits per heavy atom. The number of carboxylic acids is 1. The normalized spacial score (nSPS) is 12.9. The quantitative estimate of drug-likeness (QED) is 0.332. The minimum Gasteiger partial charge on any atom is -0.481 e. The maximum Gasteiger partial charge on any atom is 0.518 e. The van der Waals surface area contributed by atoms with E-state index in [9.17, 15) is 41.1 Å². The van der Waals surface area contributed by atoms with Crippen LogP contribution in [-0.2, 0) is 31.0 Å². The molecule has 1 amide bonds. The first kappa shape index (κ1) is 28.6. The third-order valence-electron chi connectivity index (χ3n) is 4.26. The number of thioether (sulfide) groups is 1. The van der Waals surface area contributed by atoms with Crippen LogP contribution in [-0.4, -0.2) is 47.9 Å². The summed E-state index contributed by atoms with van der Waals surface area (Å²) in [5.74, 6) is -3.41. The number of nitrogens with one attached hydrogen (secondary N) is 2. The number of rotatable bonds is 8. The Labute approximate surface area is 208 Å². The van der Waals surface area contributed by atoms with Gasteiger partial charge in [0.1, 0.15) is 6.61 Å². The molecule has 0 aromatic heterocycles. The summed E-state index contributed by atoms with van der Waals surface area (Å²) < 4.78 is 69.0. The number of benzene rings is 2. The van der Waals surface area contributed by atoms with Crippen molar-refractivity contribution >= 4 is 50.6 Å². The van der Waals surface area contributed by atoms with Gasteiger partial charge in [-0.05, 0) is 23.3 Å². The fraction of sp³-hybridized carbons (Fsp3) is 0.238. The van der Waals surface area contributed by atoms with E-state index in [1.54, 1.807) is 30.3 Å². The molecular weight excluding hydrogens is 527 g/mol. The Morgan fingerprint density at radius 3 is 2.22 bits per heavy atom. The zero-order valence-corrected chi connectivity index (χ0v) is 20.1. The average Bonchev–Trinajstić information content (AvgIpc) is 2.78. The molecule has 10 nitrogen and oxygen atoms in total. The summed E-state index contributed by atoms with van der Waals surface area (Å²) in [5.41, 5.74) is -4.92. The number of ether oxygens (including phenoxy) is 1. The molecule has 0 saturated carbocycles. The first-order valence-electron chi connectivity index (χ1n) is 9.90. The lowest BCUT2D eigenvalue weighted by molar-refractivity contribution is -0.138. The summed E-state index contributed by atoms with van der Waals surface area (Å²) in [5, 5.41) is 13.2. The third kappa shape index (κ3) is 8.88. The van der Waals surface area contributed by atoms with Crippen molar-refractivity contribution in [3.05, 3.63) is 65.7 Å². The van der Waals surface area contributed by atoms with Crippen LogP contribution >= 0.6 is 11.8 Å². The maximum atomic E-state index is 12.8. The van der Waals surface area contributed by atoms with Crippen molar-refractivity contribution in [3.8, 4) is 0 Å². The Morgan fingerprint density at radius 1 is 1.08 bits per heavy atom. The van der Waals surface area contributed by atoms with Crippen LogP contribution in [0.15, 0.2) is 59.0 Å². The van der Waals surface area contributed by atoms with Crippen LogP contribution in [0.25, 0.3) is 0 Å². The fourth-order valence-electron chi connectivity index (χ4n) is 2.55. The second-order valence-corrected chi connectivity index (χ2v) is 9.78. The van der Waals surface area contributed by atoms with Crippen molar-refractivity contribution in [1.29, 1.82) is 0 Å². The van der Waals surface area contributed by atoms with Gasteiger partial charge in [-0.2, -0.15) is 21.6 Å². The molecule has 0 bridgehead atoms. The smallest absolute Gasteiger partial charge is 0.481 e. The molecule has 2 aromatic carbocycles. The van der Waals surface area contributed by atoms with E-state index < -0.39 is 39.5 Å². The Bertz CT molecular complexity index is 1220. The highest BCUT2D eigenvalue weighted by Crippen LogP contribution is 2.26. The molecule has 2 rings (SSSR count). The Hall–Kier alpha value is -3.59. The molecule has 36 heavy (non-hydrogen) atoms. The maximum absolute atomic E-state index is 12.8. The van der Waals surface area contributed by atoms with E-state index in [2.05, 4.69) is 9.71 Å². The summed E-state index contributed by atoms with van der Waals surface area (Å²) in [4.78, 5) is 34.7. The highest BCUT2D eigenvalue weighted by atomic mass is 32.2. The second kappa shape index (κ2) is 12.4. The van der Waals surface area contributed by atoms with E-state index in [0.29, 0.717) is 5.56 Å². The van der Waals surface area contributed by atoms with Gasteiger partial charge in [0.2, 0.25) is 5.96 Å². The van der Waals surface area contributed by atoms with Gasteiger partial charge in [-0.15, -0.1) is 4.40 Å². The molecule has 1 atom stereocenters. The average molecular weight is 548 g/mol. The van der Waals surface area contributed by atoms with Crippen molar-refractivity contribution in [2.75, 3.05) is 11.1 Å². The monoisotopic (exact) mass is 547 g/mol. The van der Waals surface area contributed by atoms with Gasteiger partial charge in [-0.1, -0.05) is 54.2 Å². The van der Waals surface area contributed by atoms with E-state index >= 15 is 0 Å². The molecule has 0 radical (unpaired) electrons. The largest absolute Gasteiger partial charge is 0.518 e. The Kier molecular flexibility index (Phi) is 9.86. The lowest BCUT2D eigenvalue weighted by Crippen LogP contribution is -2.38. The molecule has 0 aliphatic carbocycles. The van der Waals surface area contributed by atoms with Crippen molar-refractivity contribution in [3.63, 3.8) is 0 Å². The lowest BCUT2D eigenvalue weighted by Gasteiger charge is -2.15. The van der Waals surface area contributed by atoms with Crippen LogP contribution in [0.4, 0.5) is 23.7 Å². The van der Waals surface area contributed by atoms with Crippen LogP contribution in [0.5, 0.6) is 0 Å². The van der Waals surface area contributed by atoms with Gasteiger partial charge in [0.15, 0.2) is 5.12 Å². The standard InChI is InChI=1S/C21H20F3N3O7S2/c1-13(28)35-12-17(18(29)30)15-7-9-16(10-8-15)25-19(27-36(32,33)21(22,23)24)26-20(31)34-11-14-5-3-2-4-6-14/h2-10,17H,11-12H2,1H3,(H,29,30)(H2,25,26,27,31). The molecule has 3 N–H and O–H groups in total. The van der Waals surface area contributed by atoms with Gasteiger partial charge in [-0.3, -0.25) is 14.9 Å². The van der Waals surface area contributed by atoms with Gasteiger partial charge < -0.3 is 15.2 Å². The SMILES string of the molecule is CC(=O)SCC(C(=O)O)c1ccc(N/C(=N/S(=O)(=O)C(F)(F)F)NC(=O)OCc2ccccc2)cc1. The van der Waals surface area contributed by atoms with Gasteiger partial charge in [0.25, 0.3) is 0 Å². The van der Waals surface area contributed by atoms with Crippen molar-refractivity contribution < 1.29 is 45.8 Å². The number of guanidine groups is 1. The number of aliphatic carboxylic acids is 1. The van der Waals surface area contributed by atoms with Crippen molar-refractivity contribution in [2.24, 2.45) is 4.40 Å². The van der Waals surface area contributed by atoms with Crippen molar-refractivity contribution in [2.45, 2.75) is 25.0 Å². The first-order chi connectivity index (χ1) is 16.8. The van der Waals surface area contributed by atoms with Crippen LogP contribution in [0.3, 0.4) is 0 Å². The van der Waals surface area contributed by atoms with Gasteiger partial charge in [0.05, 0.1) is 5.92 Å². The molecule has 1 unspecified atom stereocenters. The van der Waals surface area contributed by atoms with Gasteiger partial charge in [0, 0.05) is 18.4 Å². The number of carbonyl (C=O) groups is 3. The number of halogens is 3. The molecular formula is C21H20F3N3O7S2. The molecule has 0 fully saturated rings. The zero-order valence-electron chi connectivity index (χ0n) is 18.5. The number of alkyl carbamates (subject to hydrolysis) is 1. The summed E-state index contributed by atoms with van der Waals surface area (Å²) in [6.07, 6.45) is -1.29. The summed E-state index contributed by atoms with van der Waals surface area (Å²) in [7, 11) is -6.04. The minimum absolute atomic E-state index is 0.0263. The number of carbonyl (C=O) groups excluding carboxylic acids is 2. The number of nitrogens with zero attached hydrogens (tertiary/aromatic N) is 1. The highest BCUT2D eigenvalue weighted by Gasteiger charge is 2.46. The van der Waals surface area contributed by atoms with Crippen LogP contribution < -0.4 is 10.6 Å². The molecule has 0 heterocycles. The Balaban J connectivity index is 2.22. The molecule has 2 aromatic rings. The van der Waals surface area contributed by atoms with E-state index in [1.807, 2.05) is 5.32 Å². The van der Waals surface area contributed by atoms with E-state index in [1.165, 1.54) is 31.2 Å². The molecule has 0 aliphatic rings. The number of hydrogen-bond acceptors (Lipinski definition) is 7. The van der Waals surface area contributed by atoms with E-state index in [4.69, 9.17) is 4.74 Å². The first-order valence-corrected chi connectivity index (χ1v) is 12.3. The predicted octanol–water partition coefficient (Wildman–Crippen LogP) is 3.68. The number of alkyl halides is 3. The molecule has 194 valence electrons. The van der Waals surface area contributed by atoms with Crippen molar-refractivity contribution in [1.82, 2.24) is 5.32 Å². The summed E-state index contributed by atoms with van der Waals surface area (Å²) >= 11 is 0.807. The topological polar surface area (TPSA) is 151 Å². The number of anilines is 1. The van der Waals surface area contributed by atoms with Gasteiger partial charge >= 0.3 is 27.6 Å². The zero-order chi connectivity index (χ0) is 26.9. The number of sulfonamides is 1.